The van der Waals surface area contributed by atoms with E-state index in [2.05, 4.69) is 10.3 Å². The number of carbonyl (C=O) groups is 1. The molecule has 3 aromatic rings. The van der Waals surface area contributed by atoms with Crippen molar-refractivity contribution in [3.05, 3.63) is 89.7 Å². The maximum atomic E-state index is 12.9. The van der Waals surface area contributed by atoms with Gasteiger partial charge >= 0.3 is 0 Å². The van der Waals surface area contributed by atoms with Gasteiger partial charge in [0.1, 0.15) is 18.0 Å². The molecule has 0 fully saturated rings. The minimum absolute atomic E-state index is 0.0320. The number of rotatable bonds is 3. The molecule has 2 heterocycles. The number of fused-ring (bicyclic) bond motifs is 2. The van der Waals surface area contributed by atoms with Crippen LogP contribution in [-0.2, 0) is 11.3 Å². The lowest BCUT2D eigenvalue weighted by Gasteiger charge is -2.27. The molecule has 1 aliphatic heterocycles. The molecule has 0 bridgehead atoms. The van der Waals surface area contributed by atoms with E-state index >= 15 is 0 Å². The summed E-state index contributed by atoms with van der Waals surface area (Å²) in [4.78, 5) is 16.0. The average molecular weight is 317 g/mol. The van der Waals surface area contributed by atoms with Gasteiger partial charge in [0.2, 0.25) is 5.91 Å². The van der Waals surface area contributed by atoms with Gasteiger partial charge in [-0.15, -0.1) is 0 Å². The third-order valence-electron chi connectivity index (χ3n) is 4.17. The van der Waals surface area contributed by atoms with Crippen molar-refractivity contribution < 1.29 is 14.5 Å². The van der Waals surface area contributed by atoms with Gasteiger partial charge in [0.05, 0.1) is 5.92 Å². The van der Waals surface area contributed by atoms with Crippen LogP contribution in [0, 0.1) is 0 Å². The van der Waals surface area contributed by atoms with E-state index in [4.69, 9.17) is 4.74 Å². The number of benzene rings is 2. The lowest BCUT2D eigenvalue weighted by atomic mass is 9.87. The standard InChI is InChI=1S/C20H16N2O2/c23-20(22-13-14-7-5-6-12-21-14)19-15-8-1-3-10-17(15)24-18-11-4-2-9-16(18)19/h1-12,19H,13H2,(H,22,23)/p+1. The van der Waals surface area contributed by atoms with E-state index in [0.717, 1.165) is 28.3 Å². The monoisotopic (exact) mass is 317 g/mol. The first-order valence-electron chi connectivity index (χ1n) is 7.92. The van der Waals surface area contributed by atoms with E-state index in [1.165, 1.54) is 0 Å². The van der Waals surface area contributed by atoms with Crippen LogP contribution in [0.25, 0.3) is 0 Å². The number of carbonyl (C=O) groups excluding carboxylic acids is 1. The molecule has 4 nitrogen and oxygen atoms in total. The molecule has 2 aromatic carbocycles. The van der Waals surface area contributed by atoms with Crippen molar-refractivity contribution in [2.24, 2.45) is 0 Å². The first kappa shape index (κ1) is 14.5. The van der Waals surface area contributed by atoms with Gasteiger partial charge in [-0.05, 0) is 12.1 Å². The van der Waals surface area contributed by atoms with Crippen molar-refractivity contribution in [2.75, 3.05) is 0 Å². The van der Waals surface area contributed by atoms with Crippen molar-refractivity contribution in [1.29, 1.82) is 0 Å². The Kier molecular flexibility index (Phi) is 3.71. The number of aromatic nitrogens is 1. The second-order valence-corrected chi connectivity index (χ2v) is 5.72. The number of ether oxygens (including phenoxy) is 1. The van der Waals surface area contributed by atoms with Crippen LogP contribution in [0.2, 0.25) is 0 Å². The normalized spacial score (nSPS) is 12.7. The van der Waals surface area contributed by atoms with E-state index in [1.54, 1.807) is 0 Å². The Morgan fingerprint density at radius 2 is 1.54 bits per heavy atom. The molecule has 1 aromatic heterocycles. The van der Waals surface area contributed by atoms with Crippen LogP contribution in [-0.4, -0.2) is 5.91 Å². The number of aromatic amines is 1. The molecule has 1 aliphatic rings. The molecule has 4 rings (SSSR count). The highest BCUT2D eigenvalue weighted by Gasteiger charge is 2.32. The van der Waals surface area contributed by atoms with Crippen molar-refractivity contribution in [3.63, 3.8) is 0 Å². The fourth-order valence-corrected chi connectivity index (χ4v) is 3.02. The Labute approximate surface area is 140 Å². The number of pyridine rings is 1. The predicted molar refractivity (Wildman–Crippen MR) is 89.6 cm³/mol. The first-order chi connectivity index (χ1) is 11.8. The smallest absolute Gasteiger partial charge is 0.232 e. The lowest BCUT2D eigenvalue weighted by Crippen LogP contribution is -2.32. The second kappa shape index (κ2) is 6.16. The molecular formula is C20H17N2O2+. The zero-order valence-electron chi connectivity index (χ0n) is 13.0. The summed E-state index contributed by atoms with van der Waals surface area (Å²) in [5.74, 6) is 1.08. The van der Waals surface area contributed by atoms with E-state index < -0.39 is 0 Å². The van der Waals surface area contributed by atoms with Gasteiger partial charge in [-0.1, -0.05) is 42.5 Å². The molecule has 0 saturated heterocycles. The summed E-state index contributed by atoms with van der Waals surface area (Å²) in [6.45, 7) is 0.460. The van der Waals surface area contributed by atoms with E-state index in [9.17, 15) is 4.79 Å². The molecule has 0 unspecified atom stereocenters. The summed E-state index contributed by atoms with van der Waals surface area (Å²) in [6, 6.07) is 21.2. The van der Waals surface area contributed by atoms with Gasteiger partial charge in [0.25, 0.3) is 0 Å². The molecule has 2 N–H and O–H groups in total. The number of hydrogen-bond donors (Lipinski definition) is 1. The summed E-state index contributed by atoms with van der Waals surface area (Å²) >= 11 is 0. The fourth-order valence-electron chi connectivity index (χ4n) is 3.02. The third kappa shape index (κ3) is 2.63. The summed E-state index contributed by atoms with van der Waals surface area (Å²) in [5, 5.41) is 3.02. The Morgan fingerprint density at radius 3 is 2.17 bits per heavy atom. The van der Waals surface area contributed by atoms with Crippen LogP contribution in [0.15, 0.2) is 72.9 Å². The Balaban J connectivity index is 1.65. The molecule has 0 aliphatic carbocycles. The summed E-state index contributed by atoms with van der Waals surface area (Å²) in [6.07, 6.45) is 1.85. The van der Waals surface area contributed by atoms with Crippen LogP contribution in [0.5, 0.6) is 11.5 Å². The molecule has 4 heteroatoms. The molecule has 1 amide bonds. The fraction of sp³-hybridized carbons (Fsp3) is 0.100. The highest BCUT2D eigenvalue weighted by Crippen LogP contribution is 2.43. The van der Waals surface area contributed by atoms with Gasteiger partial charge in [-0.25, -0.2) is 4.98 Å². The van der Waals surface area contributed by atoms with E-state index in [0.29, 0.717) is 6.54 Å². The second-order valence-electron chi connectivity index (χ2n) is 5.72. The highest BCUT2D eigenvalue weighted by molar-refractivity contribution is 5.89. The van der Waals surface area contributed by atoms with Gasteiger partial charge in [0.15, 0.2) is 11.9 Å². The van der Waals surface area contributed by atoms with Crippen LogP contribution >= 0.6 is 0 Å². The number of hydrogen-bond acceptors (Lipinski definition) is 2. The van der Waals surface area contributed by atoms with Crippen molar-refractivity contribution in [3.8, 4) is 11.5 Å². The minimum Gasteiger partial charge on any atom is -0.457 e. The van der Waals surface area contributed by atoms with Gasteiger partial charge < -0.3 is 10.1 Å². The minimum atomic E-state index is -0.366. The molecule has 24 heavy (non-hydrogen) atoms. The number of H-pyrrole nitrogens is 1. The Hall–Kier alpha value is -3.14. The lowest BCUT2D eigenvalue weighted by molar-refractivity contribution is -0.390. The summed E-state index contributed by atoms with van der Waals surface area (Å²) in [5.41, 5.74) is 2.75. The van der Waals surface area contributed by atoms with Gasteiger partial charge in [-0.2, -0.15) is 0 Å². The van der Waals surface area contributed by atoms with Gasteiger partial charge in [0, 0.05) is 23.3 Å². The van der Waals surface area contributed by atoms with Crippen LogP contribution < -0.4 is 15.0 Å². The Morgan fingerprint density at radius 1 is 0.917 bits per heavy atom. The maximum Gasteiger partial charge on any atom is 0.232 e. The summed E-state index contributed by atoms with van der Waals surface area (Å²) in [7, 11) is 0. The zero-order chi connectivity index (χ0) is 16.4. The van der Waals surface area contributed by atoms with Crippen molar-refractivity contribution in [2.45, 2.75) is 12.5 Å². The highest BCUT2D eigenvalue weighted by atomic mass is 16.5. The van der Waals surface area contributed by atoms with Crippen LogP contribution in [0.3, 0.4) is 0 Å². The summed E-state index contributed by atoms with van der Waals surface area (Å²) < 4.78 is 5.93. The SMILES string of the molecule is O=C(NCc1cccc[nH+]1)C1c2ccccc2Oc2ccccc21. The number of para-hydroxylation sites is 2. The molecule has 118 valence electrons. The first-order valence-corrected chi connectivity index (χ1v) is 7.92. The average Bonchev–Trinajstić information content (AvgIpc) is 2.65. The predicted octanol–water partition coefficient (Wildman–Crippen LogP) is 3.05. The molecule has 0 radical (unpaired) electrons. The van der Waals surface area contributed by atoms with Crippen LogP contribution in [0.4, 0.5) is 0 Å². The maximum absolute atomic E-state index is 12.9. The Bertz CT molecular complexity index is 832. The number of amides is 1. The third-order valence-corrected chi connectivity index (χ3v) is 4.17. The van der Waals surface area contributed by atoms with E-state index in [-0.39, 0.29) is 11.8 Å². The quantitative estimate of drug-likeness (QED) is 0.807. The topological polar surface area (TPSA) is 52.5 Å². The number of nitrogens with one attached hydrogen (secondary N) is 2. The molecule has 0 saturated carbocycles. The van der Waals surface area contributed by atoms with Crippen molar-refractivity contribution >= 4 is 5.91 Å². The van der Waals surface area contributed by atoms with Gasteiger partial charge in [-0.3, -0.25) is 4.79 Å². The molecular weight excluding hydrogens is 300 g/mol. The van der Waals surface area contributed by atoms with Crippen molar-refractivity contribution in [1.82, 2.24) is 5.32 Å². The van der Waals surface area contributed by atoms with Crippen LogP contribution in [0.1, 0.15) is 22.7 Å². The van der Waals surface area contributed by atoms with E-state index in [1.807, 2.05) is 72.9 Å². The molecule has 0 spiro atoms. The molecule has 0 atom stereocenters. The largest absolute Gasteiger partial charge is 0.457 e. The zero-order valence-corrected chi connectivity index (χ0v) is 13.0.